The standard InChI is InChI=1S/C15H17ClO2/c1-15(2,3)13-10-5-4-6-12(16)9(10)7-8-11(13)14(17)18/h4-6H,7-8H2,1-3H3,(H,17,18). The van der Waals surface area contributed by atoms with Gasteiger partial charge in [-0.25, -0.2) is 4.79 Å². The zero-order valence-electron chi connectivity index (χ0n) is 10.9. The molecule has 0 atom stereocenters. The fourth-order valence-electron chi connectivity index (χ4n) is 2.66. The first-order valence-corrected chi connectivity index (χ1v) is 6.45. The highest BCUT2D eigenvalue weighted by Gasteiger charge is 2.31. The molecule has 0 saturated carbocycles. The minimum absolute atomic E-state index is 0.201. The van der Waals surface area contributed by atoms with Crippen LogP contribution in [0, 0.1) is 5.41 Å². The Morgan fingerprint density at radius 3 is 2.50 bits per heavy atom. The molecule has 0 heterocycles. The lowest BCUT2D eigenvalue weighted by atomic mass is 9.73. The number of hydrogen-bond donors (Lipinski definition) is 1. The Bertz CT molecular complexity index is 536. The molecule has 0 amide bonds. The predicted molar refractivity (Wildman–Crippen MR) is 73.8 cm³/mol. The first kappa shape index (κ1) is 13.2. The maximum Gasteiger partial charge on any atom is 0.331 e. The normalized spacial score (nSPS) is 15.6. The molecule has 0 bridgehead atoms. The summed E-state index contributed by atoms with van der Waals surface area (Å²) in [7, 11) is 0. The van der Waals surface area contributed by atoms with E-state index in [0.717, 1.165) is 21.7 Å². The van der Waals surface area contributed by atoms with E-state index in [0.29, 0.717) is 18.4 Å². The fourth-order valence-corrected chi connectivity index (χ4v) is 2.92. The largest absolute Gasteiger partial charge is 0.478 e. The van der Waals surface area contributed by atoms with Crippen molar-refractivity contribution >= 4 is 23.1 Å². The molecule has 1 N–H and O–H groups in total. The Hall–Kier alpha value is -1.28. The van der Waals surface area contributed by atoms with Crippen LogP contribution in [0.4, 0.5) is 0 Å². The Kier molecular flexibility index (Phi) is 3.24. The molecule has 1 aromatic rings. The van der Waals surface area contributed by atoms with Gasteiger partial charge >= 0.3 is 5.97 Å². The van der Waals surface area contributed by atoms with E-state index in [9.17, 15) is 9.90 Å². The van der Waals surface area contributed by atoms with E-state index in [4.69, 9.17) is 11.6 Å². The quantitative estimate of drug-likeness (QED) is 0.827. The molecule has 2 nitrogen and oxygen atoms in total. The first-order chi connectivity index (χ1) is 8.32. The first-order valence-electron chi connectivity index (χ1n) is 6.07. The molecule has 18 heavy (non-hydrogen) atoms. The zero-order valence-corrected chi connectivity index (χ0v) is 11.6. The molecule has 1 aromatic carbocycles. The van der Waals surface area contributed by atoms with E-state index in [1.54, 1.807) is 0 Å². The van der Waals surface area contributed by atoms with Gasteiger partial charge in [-0.15, -0.1) is 0 Å². The number of carbonyl (C=O) groups is 1. The van der Waals surface area contributed by atoms with Crippen molar-refractivity contribution < 1.29 is 9.90 Å². The van der Waals surface area contributed by atoms with Gasteiger partial charge in [-0.3, -0.25) is 0 Å². The average Bonchev–Trinajstić information content (AvgIpc) is 2.26. The molecule has 0 aromatic heterocycles. The monoisotopic (exact) mass is 264 g/mol. The lowest BCUT2D eigenvalue weighted by Crippen LogP contribution is -2.20. The van der Waals surface area contributed by atoms with Crippen molar-refractivity contribution in [3.63, 3.8) is 0 Å². The van der Waals surface area contributed by atoms with Crippen LogP contribution < -0.4 is 0 Å². The van der Waals surface area contributed by atoms with Crippen molar-refractivity contribution in [3.8, 4) is 0 Å². The van der Waals surface area contributed by atoms with E-state index >= 15 is 0 Å². The smallest absolute Gasteiger partial charge is 0.331 e. The summed E-state index contributed by atoms with van der Waals surface area (Å²) < 4.78 is 0. The third-order valence-electron chi connectivity index (χ3n) is 3.32. The van der Waals surface area contributed by atoms with Crippen molar-refractivity contribution in [3.05, 3.63) is 39.9 Å². The lowest BCUT2D eigenvalue weighted by molar-refractivity contribution is -0.132. The highest BCUT2D eigenvalue weighted by Crippen LogP contribution is 2.44. The lowest BCUT2D eigenvalue weighted by Gasteiger charge is -2.31. The zero-order chi connectivity index (χ0) is 13.5. The fraction of sp³-hybridized carbons (Fsp3) is 0.400. The molecule has 1 aliphatic carbocycles. The minimum atomic E-state index is -0.814. The van der Waals surface area contributed by atoms with E-state index in [-0.39, 0.29) is 5.41 Å². The number of fused-ring (bicyclic) bond motifs is 1. The van der Waals surface area contributed by atoms with E-state index < -0.39 is 5.97 Å². The topological polar surface area (TPSA) is 37.3 Å². The maximum absolute atomic E-state index is 11.4. The van der Waals surface area contributed by atoms with Crippen LogP contribution in [-0.4, -0.2) is 11.1 Å². The van der Waals surface area contributed by atoms with Gasteiger partial charge in [-0.1, -0.05) is 44.5 Å². The number of rotatable bonds is 1. The third kappa shape index (κ3) is 2.17. The summed E-state index contributed by atoms with van der Waals surface area (Å²) in [6.45, 7) is 6.13. The van der Waals surface area contributed by atoms with Crippen molar-refractivity contribution in [1.29, 1.82) is 0 Å². The van der Waals surface area contributed by atoms with Crippen LogP contribution in [0.25, 0.3) is 5.57 Å². The molecular weight excluding hydrogens is 248 g/mol. The number of hydrogen-bond acceptors (Lipinski definition) is 1. The molecule has 1 aliphatic rings. The molecule has 2 rings (SSSR count). The average molecular weight is 265 g/mol. The van der Waals surface area contributed by atoms with Crippen LogP contribution >= 0.6 is 11.6 Å². The maximum atomic E-state index is 11.4. The summed E-state index contributed by atoms with van der Waals surface area (Å²) in [4.78, 5) is 11.4. The summed E-state index contributed by atoms with van der Waals surface area (Å²) in [6, 6.07) is 5.73. The molecule has 0 fully saturated rings. The highest BCUT2D eigenvalue weighted by molar-refractivity contribution is 6.31. The second-order valence-electron chi connectivity index (χ2n) is 5.67. The van der Waals surface area contributed by atoms with Gasteiger partial charge < -0.3 is 5.11 Å². The van der Waals surface area contributed by atoms with E-state index in [1.807, 2.05) is 39.0 Å². The van der Waals surface area contributed by atoms with Crippen molar-refractivity contribution in [2.75, 3.05) is 0 Å². The molecule has 0 aliphatic heterocycles. The molecular formula is C15H17ClO2. The van der Waals surface area contributed by atoms with Crippen LogP contribution in [-0.2, 0) is 11.2 Å². The Balaban J connectivity index is 2.74. The van der Waals surface area contributed by atoms with E-state index in [1.165, 1.54) is 0 Å². The Morgan fingerprint density at radius 1 is 1.28 bits per heavy atom. The summed E-state index contributed by atoms with van der Waals surface area (Å²) in [6.07, 6.45) is 1.26. The Morgan fingerprint density at radius 2 is 1.94 bits per heavy atom. The van der Waals surface area contributed by atoms with Crippen molar-refractivity contribution in [1.82, 2.24) is 0 Å². The van der Waals surface area contributed by atoms with Crippen molar-refractivity contribution in [2.24, 2.45) is 5.41 Å². The van der Waals surface area contributed by atoms with Gasteiger partial charge in [0.25, 0.3) is 0 Å². The van der Waals surface area contributed by atoms with Gasteiger partial charge in [0.2, 0.25) is 0 Å². The van der Waals surface area contributed by atoms with Crippen molar-refractivity contribution in [2.45, 2.75) is 33.6 Å². The molecule has 0 saturated heterocycles. The second-order valence-corrected chi connectivity index (χ2v) is 6.08. The van der Waals surface area contributed by atoms with Gasteiger partial charge in [0.05, 0.1) is 0 Å². The summed E-state index contributed by atoms with van der Waals surface area (Å²) >= 11 is 6.21. The number of halogens is 1. The van der Waals surface area contributed by atoms with Gasteiger partial charge in [-0.2, -0.15) is 0 Å². The highest BCUT2D eigenvalue weighted by atomic mass is 35.5. The number of aliphatic carboxylic acids is 1. The summed E-state index contributed by atoms with van der Waals surface area (Å²) in [5.41, 5.74) is 3.32. The van der Waals surface area contributed by atoms with Crippen LogP contribution in [0.15, 0.2) is 23.8 Å². The number of benzene rings is 1. The van der Waals surface area contributed by atoms with Gasteiger partial charge in [0, 0.05) is 10.6 Å². The predicted octanol–water partition coefficient (Wildman–Crippen LogP) is 4.17. The summed E-state index contributed by atoms with van der Waals surface area (Å²) in [5.74, 6) is -0.814. The minimum Gasteiger partial charge on any atom is -0.478 e. The Labute approximate surface area is 112 Å². The molecule has 96 valence electrons. The van der Waals surface area contributed by atoms with Crippen LogP contribution in [0.1, 0.15) is 38.3 Å². The van der Waals surface area contributed by atoms with Crippen LogP contribution in [0.5, 0.6) is 0 Å². The van der Waals surface area contributed by atoms with Gasteiger partial charge in [0.1, 0.15) is 0 Å². The number of allylic oxidation sites excluding steroid dienone is 1. The molecule has 3 heteroatoms. The van der Waals surface area contributed by atoms with Gasteiger partial charge in [-0.05, 0) is 41.0 Å². The second kappa shape index (κ2) is 4.43. The summed E-state index contributed by atoms with van der Waals surface area (Å²) in [5, 5.41) is 10.1. The SMILES string of the molecule is CC(C)(C)C1=C(C(=O)O)CCc2c(Cl)cccc21. The number of carboxylic acids is 1. The molecule has 0 spiro atoms. The number of carboxylic acid groups (broad SMARTS) is 1. The molecule has 0 unspecified atom stereocenters. The van der Waals surface area contributed by atoms with Crippen LogP contribution in [0.3, 0.4) is 0 Å². The van der Waals surface area contributed by atoms with E-state index in [2.05, 4.69) is 0 Å². The van der Waals surface area contributed by atoms with Crippen LogP contribution in [0.2, 0.25) is 5.02 Å². The third-order valence-corrected chi connectivity index (χ3v) is 3.68. The molecule has 0 radical (unpaired) electrons. The van der Waals surface area contributed by atoms with Gasteiger partial charge in [0.15, 0.2) is 0 Å².